The number of methoxy groups -OCH3 is 1. The van der Waals surface area contributed by atoms with Gasteiger partial charge in [0.15, 0.2) is 0 Å². The lowest BCUT2D eigenvalue weighted by Crippen LogP contribution is -2.17. The van der Waals surface area contributed by atoms with Crippen LogP contribution >= 0.6 is 23.5 Å². The van der Waals surface area contributed by atoms with Gasteiger partial charge in [0.1, 0.15) is 17.0 Å². The second kappa shape index (κ2) is 6.98. The van der Waals surface area contributed by atoms with Crippen LogP contribution in [-0.4, -0.2) is 7.11 Å². The van der Waals surface area contributed by atoms with Gasteiger partial charge in [0.25, 0.3) is 0 Å². The van der Waals surface area contributed by atoms with Crippen LogP contribution < -0.4 is 4.74 Å². The van der Waals surface area contributed by atoms with E-state index >= 15 is 0 Å². The normalized spacial score (nSPS) is 24.0. The quantitative estimate of drug-likeness (QED) is 0.414. The van der Waals surface area contributed by atoms with Crippen molar-refractivity contribution in [2.24, 2.45) is 0 Å². The standard InChI is InChI=1S/C25H22O2S2/c1-24-15-16-25(2,27-24)23-19(24)7-6-10-22(23)29-21-9-5-4-8-20(21)28-18-13-11-17(26-3)12-14-18/h4-16H,1-3H3. The lowest BCUT2D eigenvalue weighted by Gasteiger charge is -2.22. The first-order valence-corrected chi connectivity index (χ1v) is 11.3. The van der Waals surface area contributed by atoms with Crippen molar-refractivity contribution in [1.29, 1.82) is 0 Å². The first-order chi connectivity index (χ1) is 14.0. The van der Waals surface area contributed by atoms with E-state index in [0.717, 1.165) is 5.75 Å². The molecule has 3 aromatic carbocycles. The third-order valence-corrected chi connectivity index (χ3v) is 7.91. The molecule has 2 aliphatic heterocycles. The zero-order valence-electron chi connectivity index (χ0n) is 16.6. The molecule has 4 heteroatoms. The van der Waals surface area contributed by atoms with Crippen LogP contribution in [0.3, 0.4) is 0 Å². The van der Waals surface area contributed by atoms with Crippen molar-refractivity contribution < 1.29 is 9.47 Å². The van der Waals surface area contributed by atoms with Gasteiger partial charge in [-0.15, -0.1) is 0 Å². The van der Waals surface area contributed by atoms with Gasteiger partial charge in [-0.05, 0) is 74.0 Å². The van der Waals surface area contributed by atoms with Gasteiger partial charge in [-0.3, -0.25) is 0 Å². The Morgan fingerprint density at radius 2 is 1.38 bits per heavy atom. The number of fused-ring (bicyclic) bond motifs is 5. The molecule has 0 saturated heterocycles. The predicted octanol–water partition coefficient (Wildman–Crippen LogP) is 7.03. The lowest BCUT2D eigenvalue weighted by atomic mass is 9.83. The molecule has 0 radical (unpaired) electrons. The highest BCUT2D eigenvalue weighted by Crippen LogP contribution is 2.57. The molecule has 0 N–H and O–H groups in total. The summed E-state index contributed by atoms with van der Waals surface area (Å²) in [4.78, 5) is 4.96. The highest BCUT2D eigenvalue weighted by Gasteiger charge is 2.51. The average molecular weight is 419 g/mol. The summed E-state index contributed by atoms with van der Waals surface area (Å²) in [6.07, 6.45) is 4.40. The number of hydrogen-bond donors (Lipinski definition) is 0. The molecule has 0 saturated carbocycles. The van der Waals surface area contributed by atoms with Crippen molar-refractivity contribution in [2.45, 2.75) is 44.6 Å². The summed E-state index contributed by atoms with van der Waals surface area (Å²) in [5, 5.41) is 0. The predicted molar refractivity (Wildman–Crippen MR) is 119 cm³/mol. The minimum absolute atomic E-state index is 0.308. The Kier molecular flexibility index (Phi) is 4.54. The van der Waals surface area contributed by atoms with Crippen molar-refractivity contribution in [2.75, 3.05) is 7.11 Å². The summed E-state index contributed by atoms with van der Waals surface area (Å²) in [5.74, 6) is 0.877. The molecule has 0 aliphatic carbocycles. The summed E-state index contributed by atoms with van der Waals surface area (Å²) in [6.45, 7) is 4.32. The molecule has 2 aliphatic rings. The zero-order valence-corrected chi connectivity index (χ0v) is 18.3. The van der Waals surface area contributed by atoms with E-state index in [4.69, 9.17) is 9.47 Å². The van der Waals surface area contributed by atoms with Gasteiger partial charge in [0, 0.05) is 25.1 Å². The van der Waals surface area contributed by atoms with Crippen LogP contribution in [0.4, 0.5) is 0 Å². The van der Waals surface area contributed by atoms with E-state index < -0.39 is 0 Å². The maximum absolute atomic E-state index is 6.40. The molecule has 3 aromatic rings. The minimum Gasteiger partial charge on any atom is -0.497 e. The fourth-order valence-electron chi connectivity index (χ4n) is 4.16. The molecule has 2 unspecified atom stereocenters. The summed E-state index contributed by atoms with van der Waals surface area (Å²) in [7, 11) is 1.69. The van der Waals surface area contributed by atoms with Gasteiger partial charge < -0.3 is 9.47 Å². The molecule has 5 rings (SSSR count). The Hall–Kier alpha value is -2.14. The van der Waals surface area contributed by atoms with Gasteiger partial charge in [0.05, 0.1) is 7.11 Å². The molecule has 29 heavy (non-hydrogen) atoms. The number of hydrogen-bond acceptors (Lipinski definition) is 4. The zero-order chi connectivity index (χ0) is 20.1. The minimum atomic E-state index is -0.342. The van der Waals surface area contributed by atoms with Crippen molar-refractivity contribution in [1.82, 2.24) is 0 Å². The third kappa shape index (κ3) is 3.20. The molecule has 0 fully saturated rings. The molecule has 2 heterocycles. The van der Waals surface area contributed by atoms with Gasteiger partial charge in [-0.25, -0.2) is 0 Å². The molecule has 2 bridgehead atoms. The van der Waals surface area contributed by atoms with Gasteiger partial charge in [0.2, 0.25) is 0 Å². The molecule has 146 valence electrons. The van der Waals surface area contributed by atoms with E-state index in [1.54, 1.807) is 18.9 Å². The van der Waals surface area contributed by atoms with E-state index in [1.807, 2.05) is 23.9 Å². The molecule has 2 atom stereocenters. The van der Waals surface area contributed by atoms with E-state index in [9.17, 15) is 0 Å². The van der Waals surface area contributed by atoms with Crippen LogP contribution in [0.1, 0.15) is 25.0 Å². The Morgan fingerprint density at radius 1 is 0.724 bits per heavy atom. The maximum Gasteiger partial charge on any atom is 0.118 e. The Morgan fingerprint density at radius 3 is 2.10 bits per heavy atom. The highest BCUT2D eigenvalue weighted by atomic mass is 32.2. The maximum atomic E-state index is 6.40. The largest absolute Gasteiger partial charge is 0.497 e. The Labute approximate surface area is 180 Å². The molecular weight excluding hydrogens is 396 g/mol. The van der Waals surface area contributed by atoms with Gasteiger partial charge in [-0.2, -0.15) is 0 Å². The summed E-state index contributed by atoms with van der Waals surface area (Å²) < 4.78 is 11.7. The number of ether oxygens (including phenoxy) is 2. The van der Waals surface area contributed by atoms with Crippen molar-refractivity contribution in [3.8, 4) is 5.75 Å². The van der Waals surface area contributed by atoms with E-state index in [-0.39, 0.29) is 11.2 Å². The monoisotopic (exact) mass is 418 g/mol. The van der Waals surface area contributed by atoms with E-state index in [0.29, 0.717) is 0 Å². The van der Waals surface area contributed by atoms with Gasteiger partial charge >= 0.3 is 0 Å². The second-order valence-electron chi connectivity index (χ2n) is 7.65. The Balaban J connectivity index is 1.48. The first-order valence-electron chi connectivity index (χ1n) is 9.64. The van der Waals surface area contributed by atoms with E-state index in [2.05, 4.69) is 80.6 Å². The molecular formula is C25H22O2S2. The fourth-order valence-corrected chi connectivity index (χ4v) is 6.36. The van der Waals surface area contributed by atoms with Crippen LogP contribution in [0.5, 0.6) is 5.75 Å². The van der Waals surface area contributed by atoms with Crippen LogP contribution in [0.2, 0.25) is 0 Å². The van der Waals surface area contributed by atoms with Crippen LogP contribution in [-0.2, 0) is 15.9 Å². The summed E-state index contributed by atoms with van der Waals surface area (Å²) in [5.41, 5.74) is 1.94. The topological polar surface area (TPSA) is 18.5 Å². The smallest absolute Gasteiger partial charge is 0.118 e. The van der Waals surface area contributed by atoms with Crippen LogP contribution in [0, 0.1) is 0 Å². The van der Waals surface area contributed by atoms with Crippen molar-refractivity contribution in [3.05, 3.63) is 90.0 Å². The SMILES string of the molecule is COc1ccc(Sc2ccccc2Sc2cccc3c2C2(C)C=CC3(C)O2)cc1. The lowest BCUT2D eigenvalue weighted by molar-refractivity contribution is -0.0502. The molecule has 0 amide bonds. The average Bonchev–Trinajstić information content (AvgIpc) is 3.18. The molecule has 0 aromatic heterocycles. The number of rotatable bonds is 5. The highest BCUT2D eigenvalue weighted by molar-refractivity contribution is 8.02. The number of benzene rings is 3. The molecule has 0 spiro atoms. The summed E-state index contributed by atoms with van der Waals surface area (Å²) in [6, 6.07) is 23.4. The second-order valence-corrected chi connectivity index (χ2v) is 9.85. The van der Waals surface area contributed by atoms with Crippen molar-refractivity contribution in [3.63, 3.8) is 0 Å². The Bertz CT molecular complexity index is 1110. The first kappa shape index (κ1) is 18.9. The third-order valence-electron chi connectivity index (χ3n) is 5.56. The summed E-state index contributed by atoms with van der Waals surface area (Å²) >= 11 is 3.60. The molecule has 2 nitrogen and oxygen atoms in total. The van der Waals surface area contributed by atoms with Crippen LogP contribution in [0.15, 0.2) is 98.5 Å². The van der Waals surface area contributed by atoms with E-state index in [1.165, 1.54) is 30.7 Å². The van der Waals surface area contributed by atoms with Gasteiger partial charge in [-0.1, -0.05) is 47.8 Å². The van der Waals surface area contributed by atoms with Crippen LogP contribution in [0.25, 0.3) is 0 Å². The fraction of sp³-hybridized carbons (Fsp3) is 0.200. The van der Waals surface area contributed by atoms with Crippen molar-refractivity contribution >= 4 is 23.5 Å².